The van der Waals surface area contributed by atoms with E-state index >= 15 is 8.42 Å². The molecule has 0 fully saturated rings. The van der Waals surface area contributed by atoms with E-state index in [1.54, 1.807) is 6.92 Å². The van der Waals surface area contributed by atoms with Gasteiger partial charge in [0.25, 0.3) is 0 Å². The molecular formula is C56H34N8O16S4. The first-order valence-electron chi connectivity index (χ1n) is 24.2. The summed E-state index contributed by atoms with van der Waals surface area (Å²) >= 11 is 0. The molecule has 28 heteroatoms. The van der Waals surface area contributed by atoms with Crippen molar-refractivity contribution in [1.82, 2.24) is 0 Å². The summed E-state index contributed by atoms with van der Waals surface area (Å²) in [7, 11) is -21.0. The molecule has 10 rings (SSSR count). The number of benzene rings is 10. The molecule has 84 heavy (non-hydrogen) atoms. The lowest BCUT2D eigenvalue weighted by Gasteiger charge is -2.22. The standard InChI is InChI=1S/C56H34N8O16S4/c1-28-26-46(78-82(71,72)48-13-5-9-37-33(48)18-22-42(62-58)52(37)66)30(3)29(2)40(28)27-31-16-25-45(77-81(69,70)47-12-4-8-36-32(47)17-21-41(61-57)51(36)65)56(80-84(75,76)50-15-7-11-39-35(50)20-24-44(64-60)54(39)68)55(31)79-83(73,74)49-14-6-10-38-34(49)19-23-43(63-59)53(38)67/h4-26H,27H2,1-3H3. The fourth-order valence-electron chi connectivity index (χ4n) is 9.59. The van der Waals surface area contributed by atoms with Gasteiger partial charge in [0.2, 0.25) is 27.3 Å². The van der Waals surface area contributed by atoms with E-state index in [0.717, 1.165) is 91.0 Å². The molecule has 0 aromatic heterocycles. The first-order chi connectivity index (χ1) is 39.9. The van der Waals surface area contributed by atoms with Crippen LogP contribution >= 0.6 is 0 Å². The molecule has 0 amide bonds. The highest BCUT2D eigenvalue weighted by molar-refractivity contribution is 7.88. The van der Waals surface area contributed by atoms with Gasteiger partial charge in [-0.25, -0.2) is 0 Å². The Balaban J connectivity index is 1.19. The third kappa shape index (κ3) is 9.67. The Morgan fingerprint density at radius 1 is 0.369 bits per heavy atom. The zero-order chi connectivity index (χ0) is 60.4. The molecule has 10 aromatic carbocycles. The number of nitrogens with zero attached hydrogens (tertiary/aromatic N) is 8. The van der Waals surface area contributed by atoms with Gasteiger partial charge in [-0.2, -0.15) is 33.7 Å². The van der Waals surface area contributed by atoms with Crippen molar-refractivity contribution in [3.8, 4) is 46.0 Å². The van der Waals surface area contributed by atoms with E-state index in [2.05, 4.69) is 19.9 Å². The summed E-state index contributed by atoms with van der Waals surface area (Å²) in [6.07, 6.45) is -0.482. The zero-order valence-corrected chi connectivity index (χ0v) is 46.5. The van der Waals surface area contributed by atoms with Gasteiger partial charge in [0.05, 0.1) is 0 Å². The zero-order valence-electron chi connectivity index (χ0n) is 43.2. The topological polar surface area (TPSA) is 378 Å². The third-order valence-electron chi connectivity index (χ3n) is 13.8. The number of fused-ring (bicyclic) bond motifs is 4. The SMILES string of the molecule is Cc1cc(OS(=O)(=O)c2cccc3c([O-])c([N+]#N)ccc23)c(C)c(C)c1Cc1ccc(OS(=O)(=O)c2cccc3c([O-])c([N+]#N)ccc23)c(OS(=O)(=O)c2cccc3c([O-])c([N+]#N)ccc23)c1OS(=O)(=O)c1cccc2c([O-])c([N+]#N)ccc12. The summed E-state index contributed by atoms with van der Waals surface area (Å²) in [5.74, 6) is -7.09. The van der Waals surface area contributed by atoms with Gasteiger partial charge in [-0.15, -0.1) is 0 Å². The monoisotopic (exact) mass is 1200 g/mol. The van der Waals surface area contributed by atoms with Crippen molar-refractivity contribution in [2.45, 2.75) is 46.8 Å². The molecule has 0 radical (unpaired) electrons. The number of hydrogen-bond acceptors (Lipinski definition) is 20. The Kier molecular flexibility index (Phi) is 14.0. The molecule has 0 aliphatic heterocycles. The van der Waals surface area contributed by atoms with E-state index < -0.39 is 124 Å². The maximum Gasteiger partial charge on any atom is 0.378 e. The molecule has 10 aromatic rings. The molecule has 0 unspecified atom stereocenters. The van der Waals surface area contributed by atoms with Crippen LogP contribution in [0.4, 0.5) is 22.7 Å². The molecular weight excluding hydrogens is 1170 g/mol. The number of hydrogen-bond donors (Lipinski definition) is 0. The smallest absolute Gasteiger partial charge is 0.378 e. The van der Waals surface area contributed by atoms with Gasteiger partial charge in [0.1, 0.15) is 25.3 Å². The van der Waals surface area contributed by atoms with Crippen LogP contribution in [0.25, 0.3) is 63.0 Å². The van der Waals surface area contributed by atoms with Crippen LogP contribution in [0.15, 0.2) is 159 Å². The second kappa shape index (κ2) is 20.9. The molecule has 0 N–H and O–H groups in total. The van der Waals surface area contributed by atoms with Crippen LogP contribution < -0.4 is 37.2 Å². The highest BCUT2D eigenvalue weighted by Gasteiger charge is 2.35. The van der Waals surface area contributed by atoms with Crippen molar-refractivity contribution in [1.29, 1.82) is 21.6 Å². The van der Waals surface area contributed by atoms with Crippen LogP contribution in [0, 0.1) is 42.3 Å². The molecule has 0 aliphatic carbocycles. The van der Waals surface area contributed by atoms with E-state index in [1.165, 1.54) is 62.4 Å². The lowest BCUT2D eigenvalue weighted by atomic mass is 9.92. The van der Waals surface area contributed by atoms with Crippen molar-refractivity contribution < 1.29 is 70.8 Å². The van der Waals surface area contributed by atoms with Crippen molar-refractivity contribution in [3.63, 3.8) is 0 Å². The number of aryl methyl sites for hydroxylation is 1. The normalized spacial score (nSPS) is 11.8. The van der Waals surface area contributed by atoms with Gasteiger partial charge in [0.15, 0.2) is 31.4 Å². The van der Waals surface area contributed by atoms with E-state index in [0.29, 0.717) is 5.56 Å². The van der Waals surface area contributed by atoms with Crippen molar-refractivity contribution in [2.75, 3.05) is 0 Å². The molecule has 0 heterocycles. The van der Waals surface area contributed by atoms with Gasteiger partial charge in [-0.1, -0.05) is 54.6 Å². The van der Waals surface area contributed by atoms with E-state index in [1.807, 2.05) is 0 Å². The Morgan fingerprint density at radius 2 is 0.690 bits per heavy atom. The first kappa shape index (κ1) is 56.4. The largest absolute Gasteiger partial charge is 0.867 e. The number of diazo groups is 4. The summed E-state index contributed by atoms with van der Waals surface area (Å²) in [5, 5.41) is 88.7. The van der Waals surface area contributed by atoms with Crippen LogP contribution in [0.1, 0.15) is 27.8 Å². The van der Waals surface area contributed by atoms with Crippen molar-refractivity contribution in [3.05, 3.63) is 187 Å². The Morgan fingerprint density at radius 3 is 1.04 bits per heavy atom. The van der Waals surface area contributed by atoms with Crippen LogP contribution in [-0.2, 0) is 46.9 Å². The van der Waals surface area contributed by atoms with Gasteiger partial charge >= 0.3 is 63.2 Å². The van der Waals surface area contributed by atoms with E-state index in [4.69, 9.17) is 16.7 Å². The average molecular weight is 1200 g/mol. The van der Waals surface area contributed by atoms with Crippen molar-refractivity contribution >= 4 is 106 Å². The molecule has 0 aliphatic rings. The minimum absolute atomic E-state index is 0.0492. The first-order valence-corrected chi connectivity index (χ1v) is 29.8. The Hall–Kier alpha value is -10.9. The summed E-state index contributed by atoms with van der Waals surface area (Å²) in [6.45, 7) is 4.55. The van der Waals surface area contributed by atoms with Crippen LogP contribution in [0.5, 0.6) is 46.0 Å². The second-order valence-electron chi connectivity index (χ2n) is 18.6. The second-order valence-corrected chi connectivity index (χ2v) is 24.6. The van der Waals surface area contributed by atoms with E-state index in [9.17, 15) is 67.3 Å². The third-order valence-corrected chi connectivity index (χ3v) is 19.0. The lowest BCUT2D eigenvalue weighted by Crippen LogP contribution is -2.18. The molecule has 0 spiro atoms. The Bertz CT molecular complexity index is 5230. The van der Waals surface area contributed by atoms with Crippen LogP contribution in [0.2, 0.25) is 0 Å². The van der Waals surface area contributed by atoms with Crippen LogP contribution in [0.3, 0.4) is 0 Å². The molecule has 0 saturated carbocycles. The molecule has 0 atom stereocenters. The summed E-state index contributed by atoms with van der Waals surface area (Å²) in [5.41, 5.74) is -1.01. The Labute approximate surface area is 476 Å². The molecule has 0 saturated heterocycles. The highest BCUT2D eigenvalue weighted by Crippen LogP contribution is 2.48. The fourth-order valence-corrected chi connectivity index (χ4v) is 14.3. The minimum Gasteiger partial charge on any atom is -0.867 e. The highest BCUT2D eigenvalue weighted by atomic mass is 32.2. The van der Waals surface area contributed by atoms with Gasteiger partial charge < -0.3 is 37.2 Å². The molecule has 418 valence electrons. The average Bonchev–Trinajstić information content (AvgIpc) is 1.43. The van der Waals surface area contributed by atoms with Crippen LogP contribution in [-0.4, -0.2) is 33.7 Å². The number of rotatable bonds is 14. The van der Waals surface area contributed by atoms with E-state index in [-0.39, 0.29) is 76.8 Å². The van der Waals surface area contributed by atoms with Gasteiger partial charge in [-0.3, -0.25) is 0 Å². The fraction of sp³-hybridized carbons (Fsp3) is 0.0714. The van der Waals surface area contributed by atoms with Crippen molar-refractivity contribution in [2.24, 2.45) is 0 Å². The quantitative estimate of drug-likeness (QED) is 0.0721. The predicted octanol–water partition coefficient (Wildman–Crippen LogP) is 10.1. The maximum absolute atomic E-state index is 15.0. The van der Waals surface area contributed by atoms with Gasteiger partial charge in [0, 0.05) is 57.8 Å². The lowest BCUT2D eigenvalue weighted by molar-refractivity contribution is -0.265. The molecule has 24 nitrogen and oxygen atoms in total. The van der Waals surface area contributed by atoms with Gasteiger partial charge in [-0.05, 0) is 148 Å². The minimum atomic E-state index is -5.48. The summed E-state index contributed by atoms with van der Waals surface area (Å²) in [4.78, 5) is 9.15. The maximum atomic E-state index is 15.0. The predicted molar refractivity (Wildman–Crippen MR) is 294 cm³/mol. The summed E-state index contributed by atoms with van der Waals surface area (Å²) < 4.78 is 141. The molecule has 0 bridgehead atoms. The summed E-state index contributed by atoms with van der Waals surface area (Å²) in [6, 6.07) is 26.0.